The van der Waals surface area contributed by atoms with Crippen molar-refractivity contribution in [2.75, 3.05) is 7.02 Å². The molecule has 0 fully saturated rings. The molecule has 0 amide bonds. The largest absolute Gasteiger partial charge is 0.481 e. The molecule has 66 valence electrons. The standard InChI is InChI=1S/C5H9NO4.ClH/c1-6-3(5(9)10)2-4(7)8;/h3,6H,2H2,1H3,(H,7,8)(H,9,10);1H/t3-;/m0./s1/i1D;. The number of nitrogens with one attached hydrogen (secondary N) is 1. The minimum absolute atomic E-state index is 0. The molecule has 0 aliphatic carbocycles. The molecule has 0 aliphatic rings. The Morgan fingerprint density at radius 1 is 1.64 bits per heavy atom. The minimum Gasteiger partial charge on any atom is -0.481 e. The first kappa shape index (κ1) is 10.2. The summed E-state index contributed by atoms with van der Waals surface area (Å²) in [5.41, 5.74) is 0. The molecule has 0 saturated heterocycles. The number of aliphatic carboxylic acids is 2. The molecule has 0 aromatic heterocycles. The maximum atomic E-state index is 10.2. The zero-order valence-corrected chi connectivity index (χ0v) is 6.43. The molecule has 0 aliphatic heterocycles. The van der Waals surface area contributed by atoms with Crippen molar-refractivity contribution >= 4 is 24.3 Å². The van der Waals surface area contributed by atoms with Gasteiger partial charge in [0.25, 0.3) is 0 Å². The maximum Gasteiger partial charge on any atom is 0.321 e. The van der Waals surface area contributed by atoms with Crippen LogP contribution < -0.4 is 5.32 Å². The molecular weight excluding hydrogens is 174 g/mol. The summed E-state index contributed by atoms with van der Waals surface area (Å²) in [6, 6.07) is -1.16. The van der Waals surface area contributed by atoms with Crippen molar-refractivity contribution in [2.24, 2.45) is 0 Å². The molecule has 0 rings (SSSR count). The van der Waals surface area contributed by atoms with Crippen LogP contribution in [-0.2, 0) is 9.59 Å². The van der Waals surface area contributed by atoms with Crippen LogP contribution in [-0.4, -0.2) is 35.2 Å². The third-order valence-electron chi connectivity index (χ3n) is 0.923. The van der Waals surface area contributed by atoms with Crippen LogP contribution in [0.2, 0.25) is 0 Å². The van der Waals surface area contributed by atoms with Gasteiger partial charge in [0.15, 0.2) is 0 Å². The average Bonchev–Trinajstić information content (AvgIpc) is 1.86. The predicted molar refractivity (Wildman–Crippen MR) is 40.0 cm³/mol. The Morgan fingerprint density at radius 2 is 2.18 bits per heavy atom. The number of likely N-dealkylation sites (N-methyl/N-ethyl adjacent to an activating group) is 1. The molecule has 0 radical (unpaired) electrons. The van der Waals surface area contributed by atoms with Crippen molar-refractivity contribution in [1.82, 2.24) is 5.32 Å². The van der Waals surface area contributed by atoms with Gasteiger partial charge < -0.3 is 15.5 Å². The number of hydrogen-bond acceptors (Lipinski definition) is 3. The monoisotopic (exact) mass is 184 g/mol. The number of carboxylic acid groups (broad SMARTS) is 2. The van der Waals surface area contributed by atoms with E-state index in [4.69, 9.17) is 11.6 Å². The summed E-state index contributed by atoms with van der Waals surface area (Å²) in [5, 5.41) is 18.7. The summed E-state index contributed by atoms with van der Waals surface area (Å²) in [6.07, 6.45) is -0.506. The van der Waals surface area contributed by atoms with Gasteiger partial charge in [-0.05, 0) is 7.02 Å². The van der Waals surface area contributed by atoms with Gasteiger partial charge in [0, 0.05) is 1.37 Å². The van der Waals surface area contributed by atoms with E-state index in [1.807, 2.05) is 0 Å². The third kappa shape index (κ3) is 5.63. The average molecular weight is 185 g/mol. The van der Waals surface area contributed by atoms with E-state index in [1.165, 1.54) is 0 Å². The Balaban J connectivity index is 0. The van der Waals surface area contributed by atoms with E-state index in [0.29, 0.717) is 0 Å². The first-order valence-corrected chi connectivity index (χ1v) is 2.55. The second-order valence-electron chi connectivity index (χ2n) is 1.69. The lowest BCUT2D eigenvalue weighted by atomic mass is 10.2. The smallest absolute Gasteiger partial charge is 0.321 e. The van der Waals surface area contributed by atoms with E-state index in [-0.39, 0.29) is 19.4 Å². The summed E-state index contributed by atoms with van der Waals surface area (Å²) in [5.74, 6) is -2.45. The highest BCUT2D eigenvalue weighted by atomic mass is 35.5. The fourth-order valence-electron chi connectivity index (χ4n) is 0.421. The highest BCUT2D eigenvalue weighted by Gasteiger charge is 2.17. The first-order chi connectivity index (χ1) is 5.07. The van der Waals surface area contributed by atoms with Crippen LogP contribution in [0.5, 0.6) is 0 Å². The fraction of sp³-hybridized carbons (Fsp3) is 0.600. The van der Waals surface area contributed by atoms with Crippen molar-refractivity contribution in [2.45, 2.75) is 12.5 Å². The van der Waals surface area contributed by atoms with Crippen molar-refractivity contribution in [3.8, 4) is 0 Å². The molecule has 0 heterocycles. The van der Waals surface area contributed by atoms with E-state index in [9.17, 15) is 9.59 Å². The van der Waals surface area contributed by atoms with Crippen LogP contribution in [0.1, 0.15) is 7.79 Å². The molecular formula is C5H10ClNO4. The van der Waals surface area contributed by atoms with Gasteiger partial charge in [-0.3, -0.25) is 9.59 Å². The number of hydrogen-bond donors (Lipinski definition) is 3. The second kappa shape index (κ2) is 5.94. The molecule has 6 heteroatoms. The maximum absolute atomic E-state index is 10.2. The van der Waals surface area contributed by atoms with Crippen LogP contribution in [0.4, 0.5) is 0 Å². The lowest BCUT2D eigenvalue weighted by molar-refractivity contribution is -0.145. The molecule has 5 nitrogen and oxygen atoms in total. The molecule has 0 saturated carbocycles. The number of halogens is 1. The first-order valence-electron chi connectivity index (χ1n) is 3.26. The van der Waals surface area contributed by atoms with E-state index in [2.05, 4.69) is 5.32 Å². The van der Waals surface area contributed by atoms with Gasteiger partial charge in [0.1, 0.15) is 6.04 Å². The Hall–Kier alpha value is -0.810. The van der Waals surface area contributed by atoms with Crippen LogP contribution in [0, 0.1) is 0 Å². The van der Waals surface area contributed by atoms with E-state index >= 15 is 0 Å². The van der Waals surface area contributed by atoms with Gasteiger partial charge in [-0.15, -0.1) is 12.4 Å². The molecule has 11 heavy (non-hydrogen) atoms. The SMILES string of the molecule is Cl.[2H]CN[C@@H](CC(=O)O)C(=O)O. The van der Waals surface area contributed by atoms with Gasteiger partial charge >= 0.3 is 11.9 Å². The van der Waals surface area contributed by atoms with Crippen LogP contribution in [0.15, 0.2) is 0 Å². The molecule has 0 aromatic rings. The lowest BCUT2D eigenvalue weighted by Gasteiger charge is -2.06. The van der Waals surface area contributed by atoms with E-state index in [1.54, 1.807) is 0 Å². The Labute approximate surface area is 71.2 Å². The van der Waals surface area contributed by atoms with Crippen LogP contribution in [0.25, 0.3) is 0 Å². The summed E-state index contributed by atoms with van der Waals surface area (Å²) in [6.45, 7) is 0. The minimum atomic E-state index is -1.25. The summed E-state index contributed by atoms with van der Waals surface area (Å²) >= 11 is 0. The summed E-state index contributed by atoms with van der Waals surface area (Å²) in [4.78, 5) is 20.2. The second-order valence-corrected chi connectivity index (χ2v) is 1.69. The summed E-state index contributed by atoms with van der Waals surface area (Å²) in [7, 11) is -0.301. The van der Waals surface area contributed by atoms with Gasteiger partial charge in [0.05, 0.1) is 6.42 Å². The zero-order valence-electron chi connectivity index (χ0n) is 6.61. The lowest BCUT2D eigenvalue weighted by Crippen LogP contribution is -2.35. The van der Waals surface area contributed by atoms with Gasteiger partial charge in [0.2, 0.25) is 0 Å². The molecule has 1 atom stereocenters. The molecule has 0 unspecified atom stereocenters. The quantitative estimate of drug-likeness (QED) is 0.551. The van der Waals surface area contributed by atoms with E-state index < -0.39 is 24.4 Å². The van der Waals surface area contributed by atoms with Gasteiger partial charge in [-0.2, -0.15) is 0 Å². The number of rotatable bonds is 4. The topological polar surface area (TPSA) is 86.6 Å². The van der Waals surface area contributed by atoms with E-state index in [0.717, 1.165) is 0 Å². The van der Waals surface area contributed by atoms with Crippen molar-refractivity contribution in [1.29, 1.82) is 0 Å². The highest BCUT2D eigenvalue weighted by molar-refractivity contribution is 5.85. The Morgan fingerprint density at radius 3 is 2.45 bits per heavy atom. The number of carbonyl (C=O) groups is 2. The molecule has 3 N–H and O–H groups in total. The summed E-state index contributed by atoms with van der Waals surface area (Å²) < 4.78 is 6.60. The van der Waals surface area contributed by atoms with Crippen LogP contribution in [0.3, 0.4) is 0 Å². The van der Waals surface area contributed by atoms with Crippen molar-refractivity contribution in [3.05, 3.63) is 0 Å². The van der Waals surface area contributed by atoms with Gasteiger partial charge in [-0.1, -0.05) is 0 Å². The Kier molecular flexibility index (Phi) is 5.50. The predicted octanol–water partition coefficient (Wildman–Crippen LogP) is -0.444. The molecule has 0 spiro atoms. The Bertz CT molecular complexity index is 166. The molecule has 0 aromatic carbocycles. The van der Waals surface area contributed by atoms with Crippen LogP contribution >= 0.6 is 12.4 Å². The fourth-order valence-corrected chi connectivity index (χ4v) is 0.421. The highest BCUT2D eigenvalue weighted by Crippen LogP contribution is 1.89. The van der Waals surface area contributed by atoms with Crippen molar-refractivity contribution in [3.63, 3.8) is 0 Å². The normalized spacial score (nSPS) is 12.5. The molecule has 0 bridgehead atoms. The number of carboxylic acids is 2. The van der Waals surface area contributed by atoms with Gasteiger partial charge in [-0.25, -0.2) is 0 Å². The third-order valence-corrected chi connectivity index (χ3v) is 0.923. The van der Waals surface area contributed by atoms with Crippen molar-refractivity contribution < 1.29 is 21.2 Å². The zero-order chi connectivity index (χ0) is 8.85.